The number of nitrogens with one attached hydrogen (secondary N) is 1. The van der Waals surface area contributed by atoms with Crippen molar-refractivity contribution in [3.8, 4) is 0 Å². The molecule has 0 radical (unpaired) electrons. The molecule has 0 aliphatic heterocycles. The molecule has 0 aliphatic rings. The van der Waals surface area contributed by atoms with Crippen LogP contribution in [-0.4, -0.2) is 33.8 Å². The van der Waals surface area contributed by atoms with E-state index in [0.717, 1.165) is 5.56 Å². The van der Waals surface area contributed by atoms with Crippen LogP contribution in [0.15, 0.2) is 30.3 Å². The fourth-order valence-corrected chi connectivity index (χ4v) is 2.18. The summed E-state index contributed by atoms with van der Waals surface area (Å²) >= 11 is 0. The smallest absolute Gasteiger partial charge is 0.422 e. The molecule has 0 spiro atoms. The Morgan fingerprint density at radius 1 is 1.22 bits per heavy atom. The summed E-state index contributed by atoms with van der Waals surface area (Å²) in [6, 6.07) is 8.51. The number of rotatable bonds is 6. The van der Waals surface area contributed by atoms with E-state index in [1.807, 2.05) is 30.3 Å². The molecular weight excluding hydrogens is 296 g/mol. The first kappa shape index (κ1) is 19.0. The maximum Gasteiger partial charge on any atom is 0.422 e. The predicted molar refractivity (Wildman–Crippen MR) is 87.6 cm³/mol. The number of hydrogen-bond acceptors (Lipinski definition) is 4. The van der Waals surface area contributed by atoms with E-state index in [9.17, 15) is 14.7 Å². The number of carbonyl (C=O) groups excluding carboxylic acids is 1. The highest BCUT2D eigenvalue weighted by molar-refractivity contribution is 5.75. The van der Waals surface area contributed by atoms with E-state index < -0.39 is 23.7 Å². The number of hydrogen-bond donors (Lipinski definition) is 2. The number of amides is 1. The molecule has 6 nitrogen and oxygen atoms in total. The number of carboxylic acid groups (broad SMARTS) is 1. The molecular formula is C17H26N2O4. The van der Waals surface area contributed by atoms with E-state index in [1.165, 1.54) is 5.01 Å². The van der Waals surface area contributed by atoms with Gasteiger partial charge in [0.1, 0.15) is 11.6 Å². The lowest BCUT2D eigenvalue weighted by Crippen LogP contribution is -2.54. The van der Waals surface area contributed by atoms with Crippen molar-refractivity contribution in [2.45, 2.75) is 52.8 Å². The van der Waals surface area contributed by atoms with Gasteiger partial charge in [-0.05, 0) is 32.3 Å². The van der Waals surface area contributed by atoms with Gasteiger partial charge in [-0.1, -0.05) is 44.2 Å². The third kappa shape index (κ3) is 6.69. The molecule has 1 rings (SSSR count). The average molecular weight is 322 g/mol. The Morgan fingerprint density at radius 3 is 2.22 bits per heavy atom. The predicted octanol–water partition coefficient (Wildman–Crippen LogP) is 3.04. The van der Waals surface area contributed by atoms with Gasteiger partial charge < -0.3 is 9.84 Å². The highest BCUT2D eigenvalue weighted by Crippen LogP contribution is 2.15. The van der Waals surface area contributed by atoms with Crippen LogP contribution in [0, 0.1) is 5.92 Å². The van der Waals surface area contributed by atoms with Crippen molar-refractivity contribution < 1.29 is 19.4 Å². The van der Waals surface area contributed by atoms with Gasteiger partial charge in [0.2, 0.25) is 0 Å². The minimum atomic E-state index is -0.994. The topological polar surface area (TPSA) is 78.9 Å². The zero-order chi connectivity index (χ0) is 17.6. The van der Waals surface area contributed by atoms with Gasteiger partial charge >= 0.3 is 12.1 Å². The number of carbonyl (C=O) groups is 2. The van der Waals surface area contributed by atoms with Crippen LogP contribution < -0.4 is 5.43 Å². The molecule has 0 heterocycles. The van der Waals surface area contributed by atoms with Gasteiger partial charge in [-0.2, -0.15) is 5.01 Å². The number of hydrazine groups is 1. The maximum absolute atomic E-state index is 12.0. The van der Waals surface area contributed by atoms with E-state index in [2.05, 4.69) is 5.43 Å². The molecule has 0 aromatic heterocycles. The Kier molecular flexibility index (Phi) is 6.57. The molecule has 0 aliphatic carbocycles. The van der Waals surface area contributed by atoms with Crippen LogP contribution in [0.4, 0.5) is 4.79 Å². The van der Waals surface area contributed by atoms with Crippen molar-refractivity contribution in [2.75, 3.05) is 0 Å². The van der Waals surface area contributed by atoms with Crippen molar-refractivity contribution in [1.29, 1.82) is 0 Å². The molecule has 1 aromatic rings. The van der Waals surface area contributed by atoms with Crippen LogP contribution >= 0.6 is 0 Å². The Morgan fingerprint density at radius 2 is 1.78 bits per heavy atom. The largest absolute Gasteiger partial charge is 0.480 e. The molecule has 128 valence electrons. The lowest BCUT2D eigenvalue weighted by molar-refractivity contribution is -0.146. The molecule has 23 heavy (non-hydrogen) atoms. The SMILES string of the molecule is CC(C)[C@H](C(=O)O)N(Cc1ccccc1)NC(=O)OC(C)(C)C. The van der Waals surface area contributed by atoms with Gasteiger partial charge in [0, 0.05) is 6.54 Å². The third-order valence-electron chi connectivity index (χ3n) is 3.05. The Hall–Kier alpha value is -2.08. The molecule has 0 unspecified atom stereocenters. The van der Waals surface area contributed by atoms with E-state index in [1.54, 1.807) is 34.6 Å². The van der Waals surface area contributed by atoms with Crippen molar-refractivity contribution in [1.82, 2.24) is 10.4 Å². The second kappa shape index (κ2) is 7.97. The molecule has 0 fully saturated rings. The molecule has 2 N–H and O–H groups in total. The van der Waals surface area contributed by atoms with Crippen molar-refractivity contribution in [2.24, 2.45) is 5.92 Å². The quantitative estimate of drug-likeness (QED) is 0.787. The highest BCUT2D eigenvalue weighted by Gasteiger charge is 2.31. The fraction of sp³-hybridized carbons (Fsp3) is 0.529. The van der Waals surface area contributed by atoms with Crippen LogP contribution in [-0.2, 0) is 16.1 Å². The Labute approximate surface area is 137 Å². The highest BCUT2D eigenvalue weighted by atomic mass is 16.6. The van der Waals surface area contributed by atoms with Gasteiger partial charge in [0.05, 0.1) is 0 Å². The standard InChI is InChI=1S/C17H26N2O4/c1-12(2)14(15(20)21)19(11-13-9-7-6-8-10-13)18-16(22)23-17(3,4)5/h6-10,12,14H,11H2,1-5H3,(H,18,22)(H,20,21)/t14-/m1/s1. The summed E-state index contributed by atoms with van der Waals surface area (Å²) in [4.78, 5) is 23.6. The van der Waals surface area contributed by atoms with Crippen LogP contribution in [0.2, 0.25) is 0 Å². The first-order valence-corrected chi connectivity index (χ1v) is 7.63. The van der Waals surface area contributed by atoms with E-state index >= 15 is 0 Å². The first-order chi connectivity index (χ1) is 10.6. The lowest BCUT2D eigenvalue weighted by atomic mass is 10.0. The number of carboxylic acids is 1. The van der Waals surface area contributed by atoms with Crippen LogP contribution in [0.3, 0.4) is 0 Å². The Balaban J connectivity index is 2.96. The summed E-state index contributed by atoms with van der Waals surface area (Å²) in [7, 11) is 0. The van der Waals surface area contributed by atoms with Crippen LogP contribution in [0.25, 0.3) is 0 Å². The van der Waals surface area contributed by atoms with Crippen molar-refractivity contribution in [3.63, 3.8) is 0 Å². The molecule has 0 bridgehead atoms. The summed E-state index contributed by atoms with van der Waals surface area (Å²) in [5.74, 6) is -1.18. The second-order valence-electron chi connectivity index (χ2n) is 6.75. The molecule has 1 atom stereocenters. The summed E-state index contributed by atoms with van der Waals surface area (Å²) in [6.07, 6.45) is -0.666. The minimum Gasteiger partial charge on any atom is -0.480 e. The first-order valence-electron chi connectivity index (χ1n) is 7.63. The molecule has 1 amide bonds. The monoisotopic (exact) mass is 322 g/mol. The van der Waals surface area contributed by atoms with Crippen LogP contribution in [0.5, 0.6) is 0 Å². The molecule has 0 saturated carbocycles. The van der Waals surface area contributed by atoms with Crippen molar-refractivity contribution >= 4 is 12.1 Å². The number of benzene rings is 1. The molecule has 6 heteroatoms. The number of ether oxygens (including phenoxy) is 1. The molecule has 0 saturated heterocycles. The summed E-state index contributed by atoms with van der Waals surface area (Å²) in [5, 5.41) is 10.9. The summed E-state index contributed by atoms with van der Waals surface area (Å²) in [5.41, 5.74) is 2.82. The maximum atomic E-state index is 12.0. The summed E-state index contributed by atoms with van der Waals surface area (Å²) < 4.78 is 5.23. The van der Waals surface area contributed by atoms with Gasteiger partial charge in [-0.3, -0.25) is 10.2 Å². The zero-order valence-electron chi connectivity index (χ0n) is 14.4. The third-order valence-corrected chi connectivity index (χ3v) is 3.05. The average Bonchev–Trinajstić information content (AvgIpc) is 2.36. The number of aliphatic carboxylic acids is 1. The van der Waals surface area contributed by atoms with Gasteiger partial charge in [-0.15, -0.1) is 0 Å². The number of nitrogens with zero attached hydrogens (tertiary/aromatic N) is 1. The Bertz CT molecular complexity index is 523. The summed E-state index contributed by atoms with van der Waals surface area (Å²) in [6.45, 7) is 9.14. The van der Waals surface area contributed by atoms with Crippen molar-refractivity contribution in [3.05, 3.63) is 35.9 Å². The van der Waals surface area contributed by atoms with E-state index in [0.29, 0.717) is 0 Å². The van der Waals surface area contributed by atoms with Gasteiger partial charge in [-0.25, -0.2) is 4.79 Å². The van der Waals surface area contributed by atoms with Gasteiger partial charge in [0.25, 0.3) is 0 Å². The lowest BCUT2D eigenvalue weighted by Gasteiger charge is -2.32. The second-order valence-corrected chi connectivity index (χ2v) is 6.75. The zero-order valence-corrected chi connectivity index (χ0v) is 14.4. The minimum absolute atomic E-state index is 0.189. The normalized spacial score (nSPS) is 13.0. The van der Waals surface area contributed by atoms with E-state index in [-0.39, 0.29) is 12.5 Å². The van der Waals surface area contributed by atoms with E-state index in [4.69, 9.17) is 4.74 Å². The fourth-order valence-electron chi connectivity index (χ4n) is 2.18. The molecule has 1 aromatic carbocycles. The van der Waals surface area contributed by atoms with Crippen LogP contribution in [0.1, 0.15) is 40.2 Å². The van der Waals surface area contributed by atoms with Gasteiger partial charge in [0.15, 0.2) is 0 Å².